The van der Waals surface area contributed by atoms with Crippen LogP contribution in [-0.2, 0) is 6.42 Å². The van der Waals surface area contributed by atoms with E-state index in [0.29, 0.717) is 5.56 Å². The molecule has 150 valence electrons. The molecule has 2 aromatic carbocycles. The Bertz CT molecular complexity index is 1080. The van der Waals surface area contributed by atoms with Crippen LogP contribution in [0.2, 0.25) is 0 Å². The Labute approximate surface area is 163 Å². The fourth-order valence-electron chi connectivity index (χ4n) is 4.55. The molecule has 0 amide bonds. The first-order chi connectivity index (χ1) is 13.7. The third-order valence-corrected chi connectivity index (χ3v) is 5.78. The number of hydrogen-bond donors (Lipinski definition) is 2. The van der Waals surface area contributed by atoms with Gasteiger partial charge in [-0.15, -0.1) is 0 Å². The lowest BCUT2D eigenvalue weighted by Crippen LogP contribution is -2.22. The number of halogens is 4. The van der Waals surface area contributed by atoms with Crippen LogP contribution in [0.15, 0.2) is 24.3 Å². The zero-order valence-corrected chi connectivity index (χ0v) is 14.9. The molecule has 3 atom stereocenters. The minimum Gasteiger partial charge on any atom is -0.478 e. The first-order valence-electron chi connectivity index (χ1n) is 8.98. The highest BCUT2D eigenvalue weighted by Gasteiger charge is 2.50. The SMILES string of the molecule is N#Cc1cc(F)cc2c1[C@@H](c1ccc(C(=O)O)c3c1CC(F)(F)[C@H]3O)CC[C@@H]2F. The largest absolute Gasteiger partial charge is 0.478 e. The van der Waals surface area contributed by atoms with Gasteiger partial charge in [0.2, 0.25) is 0 Å². The highest BCUT2D eigenvalue weighted by molar-refractivity contribution is 5.90. The van der Waals surface area contributed by atoms with Gasteiger partial charge in [0.25, 0.3) is 5.92 Å². The van der Waals surface area contributed by atoms with Gasteiger partial charge in [-0.05, 0) is 53.3 Å². The summed E-state index contributed by atoms with van der Waals surface area (Å²) in [5.74, 6) is -6.46. The van der Waals surface area contributed by atoms with Crippen LogP contribution in [0.25, 0.3) is 0 Å². The van der Waals surface area contributed by atoms with E-state index in [1.54, 1.807) is 0 Å². The Morgan fingerprint density at radius 1 is 1.17 bits per heavy atom. The second kappa shape index (κ2) is 6.56. The molecule has 4 rings (SSSR count). The van der Waals surface area contributed by atoms with Gasteiger partial charge in [-0.3, -0.25) is 0 Å². The van der Waals surface area contributed by atoms with E-state index in [2.05, 4.69) is 0 Å². The number of nitrogens with zero attached hydrogens (tertiary/aromatic N) is 1. The van der Waals surface area contributed by atoms with Gasteiger partial charge < -0.3 is 10.2 Å². The van der Waals surface area contributed by atoms with E-state index in [1.165, 1.54) is 6.07 Å². The van der Waals surface area contributed by atoms with E-state index in [-0.39, 0.29) is 40.7 Å². The minimum absolute atomic E-state index is 0.000387. The van der Waals surface area contributed by atoms with Gasteiger partial charge in [0.1, 0.15) is 18.1 Å². The van der Waals surface area contributed by atoms with E-state index in [9.17, 15) is 37.8 Å². The number of carbonyl (C=O) groups is 1. The lowest BCUT2D eigenvalue weighted by atomic mass is 9.74. The summed E-state index contributed by atoms with van der Waals surface area (Å²) in [6, 6.07) is 6.32. The number of fused-ring (bicyclic) bond motifs is 2. The molecule has 0 aliphatic heterocycles. The van der Waals surface area contributed by atoms with Crippen LogP contribution in [0.5, 0.6) is 0 Å². The molecule has 0 saturated carbocycles. The van der Waals surface area contributed by atoms with Crippen LogP contribution >= 0.6 is 0 Å². The van der Waals surface area contributed by atoms with Crippen molar-refractivity contribution >= 4 is 5.97 Å². The van der Waals surface area contributed by atoms with E-state index >= 15 is 0 Å². The van der Waals surface area contributed by atoms with Crippen molar-refractivity contribution in [1.29, 1.82) is 5.26 Å². The van der Waals surface area contributed by atoms with Gasteiger partial charge >= 0.3 is 5.97 Å². The molecule has 8 heteroatoms. The molecule has 2 N–H and O–H groups in total. The van der Waals surface area contributed by atoms with Crippen LogP contribution in [-0.4, -0.2) is 22.1 Å². The summed E-state index contributed by atoms with van der Waals surface area (Å²) in [5, 5.41) is 28.8. The number of hydrogen-bond acceptors (Lipinski definition) is 3. The highest BCUT2D eigenvalue weighted by atomic mass is 19.3. The third kappa shape index (κ3) is 2.88. The van der Waals surface area contributed by atoms with Gasteiger partial charge in [0.05, 0.1) is 17.2 Å². The maximum atomic E-state index is 14.5. The molecule has 0 heterocycles. The summed E-state index contributed by atoms with van der Waals surface area (Å²) < 4.78 is 56.9. The molecule has 0 radical (unpaired) electrons. The van der Waals surface area contributed by atoms with Crippen LogP contribution in [0.4, 0.5) is 17.6 Å². The average molecular weight is 405 g/mol. The van der Waals surface area contributed by atoms with Crippen LogP contribution in [0, 0.1) is 17.1 Å². The Hall–Kier alpha value is -2.92. The van der Waals surface area contributed by atoms with Gasteiger partial charge in [-0.25, -0.2) is 22.4 Å². The maximum absolute atomic E-state index is 14.5. The maximum Gasteiger partial charge on any atom is 0.336 e. The van der Waals surface area contributed by atoms with Crippen molar-refractivity contribution in [3.8, 4) is 6.07 Å². The summed E-state index contributed by atoms with van der Waals surface area (Å²) in [4.78, 5) is 11.5. The summed E-state index contributed by atoms with van der Waals surface area (Å²) in [6.07, 6.45) is -4.46. The first-order valence-corrected chi connectivity index (χ1v) is 8.98. The molecule has 2 aliphatic rings. The average Bonchev–Trinajstić information content (AvgIpc) is 2.91. The number of aliphatic hydroxyl groups excluding tert-OH is 1. The Morgan fingerprint density at radius 2 is 1.90 bits per heavy atom. The number of aliphatic hydroxyl groups is 1. The van der Waals surface area contributed by atoms with Crippen LogP contribution < -0.4 is 0 Å². The number of rotatable bonds is 2. The molecule has 29 heavy (non-hydrogen) atoms. The standard InChI is InChI=1S/C21H15F4NO3/c22-10-5-9(8-26)17-12(3-4-16(23)14(17)6-10)11-1-2-13(20(28)29)18-15(11)7-21(24,25)19(18)27/h1-2,5-6,12,16,19,27H,3-4,7H2,(H,28,29)/t12-,16+,19+/m1/s1. The number of carboxylic acids is 1. The number of carboxylic acid groups (broad SMARTS) is 1. The van der Waals surface area contributed by atoms with E-state index in [4.69, 9.17) is 0 Å². The molecule has 4 nitrogen and oxygen atoms in total. The van der Waals surface area contributed by atoms with Crippen molar-refractivity contribution in [3.63, 3.8) is 0 Å². The summed E-state index contributed by atoms with van der Waals surface area (Å²) in [7, 11) is 0. The van der Waals surface area contributed by atoms with Crippen molar-refractivity contribution < 1.29 is 32.6 Å². The quantitative estimate of drug-likeness (QED) is 0.718. The zero-order chi connectivity index (χ0) is 21.1. The molecular weight excluding hydrogens is 390 g/mol. The van der Waals surface area contributed by atoms with Crippen LogP contribution in [0.1, 0.15) is 74.8 Å². The zero-order valence-electron chi connectivity index (χ0n) is 14.9. The molecule has 0 unspecified atom stereocenters. The fourth-order valence-corrected chi connectivity index (χ4v) is 4.55. The summed E-state index contributed by atoms with van der Waals surface area (Å²) in [6.45, 7) is 0. The number of alkyl halides is 3. The summed E-state index contributed by atoms with van der Waals surface area (Å²) >= 11 is 0. The van der Waals surface area contributed by atoms with E-state index in [1.807, 2.05) is 6.07 Å². The lowest BCUT2D eigenvalue weighted by Gasteiger charge is -2.30. The van der Waals surface area contributed by atoms with Crippen molar-refractivity contribution in [3.05, 3.63) is 69.0 Å². The predicted molar refractivity (Wildman–Crippen MR) is 93.1 cm³/mol. The topological polar surface area (TPSA) is 81.3 Å². The van der Waals surface area contributed by atoms with Crippen molar-refractivity contribution in [2.75, 3.05) is 0 Å². The molecule has 0 aromatic heterocycles. The van der Waals surface area contributed by atoms with Gasteiger partial charge in [0.15, 0.2) is 0 Å². The Kier molecular flexibility index (Phi) is 4.39. The molecule has 2 aliphatic carbocycles. The van der Waals surface area contributed by atoms with Crippen molar-refractivity contribution in [1.82, 2.24) is 0 Å². The number of benzene rings is 2. The van der Waals surface area contributed by atoms with Gasteiger partial charge in [-0.2, -0.15) is 5.26 Å². The normalized spacial score (nSPS) is 24.5. The third-order valence-electron chi connectivity index (χ3n) is 5.78. The molecule has 2 aromatic rings. The monoisotopic (exact) mass is 405 g/mol. The number of nitriles is 1. The fraction of sp³-hybridized carbons (Fsp3) is 0.333. The van der Waals surface area contributed by atoms with Crippen molar-refractivity contribution in [2.45, 2.75) is 43.4 Å². The second-order valence-electron chi connectivity index (χ2n) is 7.41. The predicted octanol–water partition coefficient (Wildman–Crippen LogP) is 4.56. The Balaban J connectivity index is 1.97. The number of aromatic carboxylic acids is 1. The Morgan fingerprint density at radius 3 is 2.55 bits per heavy atom. The van der Waals surface area contributed by atoms with E-state index in [0.717, 1.165) is 18.2 Å². The minimum atomic E-state index is -3.55. The molecule has 0 bridgehead atoms. The molecule has 0 spiro atoms. The van der Waals surface area contributed by atoms with Gasteiger partial charge in [0, 0.05) is 17.9 Å². The highest BCUT2D eigenvalue weighted by Crippen LogP contribution is 2.51. The molecule has 0 saturated heterocycles. The van der Waals surface area contributed by atoms with Crippen LogP contribution in [0.3, 0.4) is 0 Å². The summed E-state index contributed by atoms with van der Waals surface area (Å²) in [5.41, 5.74) is -0.353. The molecule has 0 fully saturated rings. The second-order valence-corrected chi connectivity index (χ2v) is 7.41. The smallest absolute Gasteiger partial charge is 0.336 e. The van der Waals surface area contributed by atoms with Gasteiger partial charge in [-0.1, -0.05) is 6.07 Å². The molecular formula is C21H15F4NO3. The van der Waals surface area contributed by atoms with Crippen molar-refractivity contribution in [2.24, 2.45) is 0 Å². The first kappa shape index (κ1) is 19.4. The van der Waals surface area contributed by atoms with E-state index < -0.39 is 47.9 Å². The lowest BCUT2D eigenvalue weighted by molar-refractivity contribution is -0.0970.